The number of alkyl halides is 1. The van der Waals surface area contributed by atoms with Crippen LogP contribution >= 0.6 is 11.6 Å². The minimum absolute atomic E-state index is 0.0128. The second-order valence-electron chi connectivity index (χ2n) is 16.6. The first-order valence-electron chi connectivity index (χ1n) is 22.7. The number of unbranched alkanes of at least 4 members (excludes halogenated alkanes) is 14. The second kappa shape index (κ2) is 29.0. The van der Waals surface area contributed by atoms with E-state index in [0.717, 1.165) is 38.5 Å². The number of hydrogen-bond acceptors (Lipinski definition) is 7. The van der Waals surface area contributed by atoms with E-state index in [0.29, 0.717) is 63.1 Å². The molecule has 0 spiro atoms. The van der Waals surface area contributed by atoms with Gasteiger partial charge in [0.1, 0.15) is 5.75 Å². The zero-order valence-electron chi connectivity index (χ0n) is 35.1. The van der Waals surface area contributed by atoms with Gasteiger partial charge < -0.3 is 24.4 Å². The van der Waals surface area contributed by atoms with Gasteiger partial charge in [0, 0.05) is 17.7 Å². The highest BCUT2D eigenvalue weighted by Crippen LogP contribution is 2.48. The molecule has 2 saturated carbocycles. The molecule has 2 fully saturated rings. The van der Waals surface area contributed by atoms with Crippen LogP contribution < -0.4 is 4.74 Å². The van der Waals surface area contributed by atoms with Crippen molar-refractivity contribution in [2.75, 3.05) is 19.8 Å². The molecule has 0 aromatic heterocycles. The summed E-state index contributed by atoms with van der Waals surface area (Å²) in [5.74, 6) is 0.234. The summed E-state index contributed by atoms with van der Waals surface area (Å²) in [6.07, 6.45) is 34.1. The van der Waals surface area contributed by atoms with Gasteiger partial charge in [0.15, 0.2) is 0 Å². The van der Waals surface area contributed by atoms with Crippen LogP contribution in [0.15, 0.2) is 48.6 Å². The Labute approximate surface area is 345 Å². The molecule has 2 aliphatic carbocycles. The summed E-state index contributed by atoms with van der Waals surface area (Å²) in [5.41, 5.74) is 0.558. The van der Waals surface area contributed by atoms with Gasteiger partial charge in [0.25, 0.3) is 0 Å². The first-order chi connectivity index (χ1) is 27.3. The monoisotopic (exact) mass is 801 g/mol. The third kappa shape index (κ3) is 18.5. The molecule has 8 heteroatoms. The lowest BCUT2D eigenvalue weighted by Gasteiger charge is -2.45. The molecule has 0 unspecified atom stereocenters. The Balaban J connectivity index is 1.16. The number of esters is 2. The molecular weight excluding hydrogens is 724 g/mol. The summed E-state index contributed by atoms with van der Waals surface area (Å²) in [5, 5.41) is 21.3. The predicted octanol–water partition coefficient (Wildman–Crippen LogP) is 12.2. The molecule has 1 aromatic rings. The van der Waals surface area contributed by atoms with Crippen LogP contribution in [0.5, 0.6) is 5.75 Å². The summed E-state index contributed by atoms with van der Waals surface area (Å²) in [4.78, 5) is 24.8. The molecule has 5 atom stereocenters. The number of aliphatic hydroxyl groups is 2. The Bertz CT molecular complexity index is 1250. The molecule has 56 heavy (non-hydrogen) atoms. The second-order valence-corrected chi connectivity index (χ2v) is 17.2. The van der Waals surface area contributed by atoms with Crippen molar-refractivity contribution in [3.05, 3.63) is 54.1 Å². The van der Waals surface area contributed by atoms with Crippen molar-refractivity contribution >= 4 is 23.5 Å². The highest BCUT2D eigenvalue weighted by molar-refractivity contribution is 6.21. The van der Waals surface area contributed by atoms with E-state index in [-0.39, 0.29) is 47.3 Å². The third-order valence-corrected chi connectivity index (χ3v) is 12.8. The molecule has 2 aliphatic rings. The van der Waals surface area contributed by atoms with Crippen molar-refractivity contribution < 1.29 is 34.0 Å². The number of carbonyl (C=O) groups excluding carboxylic acids is 2. The molecule has 0 amide bonds. The van der Waals surface area contributed by atoms with Gasteiger partial charge in [-0.15, -0.1) is 11.6 Å². The molecule has 0 saturated heterocycles. The van der Waals surface area contributed by atoms with Gasteiger partial charge in [0.05, 0.1) is 37.6 Å². The van der Waals surface area contributed by atoms with E-state index in [1.807, 2.05) is 12.1 Å². The third-order valence-electron chi connectivity index (χ3n) is 12.3. The Morgan fingerprint density at radius 3 is 2.12 bits per heavy atom. The molecule has 0 heterocycles. The summed E-state index contributed by atoms with van der Waals surface area (Å²) in [6.45, 7) is 5.66. The normalized spacial score (nSPS) is 21.0. The zero-order valence-corrected chi connectivity index (χ0v) is 35.9. The molecule has 2 N–H and O–H groups in total. The number of rotatable bonds is 32. The van der Waals surface area contributed by atoms with E-state index < -0.39 is 6.10 Å². The first-order valence-corrected chi connectivity index (χ1v) is 23.1. The van der Waals surface area contributed by atoms with E-state index in [9.17, 15) is 19.8 Å². The number of allylic oxidation sites excluding steroid dienone is 2. The molecule has 1 aromatic carbocycles. The van der Waals surface area contributed by atoms with Crippen molar-refractivity contribution in [2.24, 2.45) is 17.3 Å². The topological polar surface area (TPSA) is 102 Å². The van der Waals surface area contributed by atoms with Crippen LogP contribution in [0.1, 0.15) is 185 Å². The van der Waals surface area contributed by atoms with Crippen molar-refractivity contribution in [2.45, 2.75) is 192 Å². The smallest absolute Gasteiger partial charge is 0.338 e. The number of halogens is 1. The fourth-order valence-electron chi connectivity index (χ4n) is 8.30. The van der Waals surface area contributed by atoms with E-state index in [2.05, 4.69) is 38.2 Å². The number of hydrogen-bond donors (Lipinski definition) is 2. The zero-order chi connectivity index (χ0) is 40.3. The minimum atomic E-state index is -0.462. The van der Waals surface area contributed by atoms with Crippen molar-refractivity contribution in [1.82, 2.24) is 0 Å². The highest BCUT2D eigenvalue weighted by atomic mass is 35.5. The maximum Gasteiger partial charge on any atom is 0.338 e. The molecule has 7 nitrogen and oxygen atoms in total. The SMILES string of the molecule is CCCCCCCCCCCCCCCOc1cccc(C(=O)OCCCCOC(=O)CCCC=CC[C@@H]2[C@@H](C=CC[C@H](O)C3(CC)CCC3)[C@H](O)C[C@H]2Cl)c1. The Morgan fingerprint density at radius 2 is 1.48 bits per heavy atom. The molecule has 0 bridgehead atoms. The molecule has 0 aliphatic heterocycles. The molecule has 318 valence electrons. The van der Waals surface area contributed by atoms with Gasteiger partial charge in [-0.3, -0.25) is 4.79 Å². The maximum atomic E-state index is 12.6. The van der Waals surface area contributed by atoms with Crippen LogP contribution in [0.2, 0.25) is 0 Å². The average molecular weight is 802 g/mol. The summed E-state index contributed by atoms with van der Waals surface area (Å²) in [7, 11) is 0. The van der Waals surface area contributed by atoms with Gasteiger partial charge in [-0.05, 0) is 100 Å². The lowest BCUT2D eigenvalue weighted by atomic mass is 9.63. The quantitative estimate of drug-likeness (QED) is 0.0324. The van der Waals surface area contributed by atoms with Crippen LogP contribution in [0.25, 0.3) is 0 Å². The Hall–Kier alpha value is -2.35. The van der Waals surface area contributed by atoms with Gasteiger partial charge >= 0.3 is 11.9 Å². The average Bonchev–Trinajstić information content (AvgIpc) is 3.44. The van der Waals surface area contributed by atoms with Gasteiger partial charge in [-0.1, -0.05) is 128 Å². The lowest BCUT2D eigenvalue weighted by Crippen LogP contribution is -2.40. The van der Waals surface area contributed by atoms with E-state index >= 15 is 0 Å². The van der Waals surface area contributed by atoms with Crippen LogP contribution in [0, 0.1) is 17.3 Å². The number of carbonyl (C=O) groups is 2. The van der Waals surface area contributed by atoms with Crippen LogP contribution in [-0.2, 0) is 14.3 Å². The number of benzene rings is 1. The number of aliphatic hydroxyl groups excluding tert-OH is 2. The van der Waals surface area contributed by atoms with E-state index in [1.54, 1.807) is 12.1 Å². The van der Waals surface area contributed by atoms with Gasteiger partial charge in [-0.2, -0.15) is 0 Å². The van der Waals surface area contributed by atoms with Crippen LogP contribution in [0.3, 0.4) is 0 Å². The van der Waals surface area contributed by atoms with Gasteiger partial charge in [-0.25, -0.2) is 4.79 Å². The van der Waals surface area contributed by atoms with Crippen LogP contribution in [0.4, 0.5) is 0 Å². The molecular formula is C48H77ClO7. The van der Waals surface area contributed by atoms with E-state index in [1.165, 1.54) is 83.5 Å². The van der Waals surface area contributed by atoms with Crippen molar-refractivity contribution in [3.8, 4) is 5.75 Å². The van der Waals surface area contributed by atoms with E-state index in [4.69, 9.17) is 25.8 Å². The molecule has 0 radical (unpaired) electrons. The van der Waals surface area contributed by atoms with Gasteiger partial charge in [0.2, 0.25) is 0 Å². The summed E-state index contributed by atoms with van der Waals surface area (Å²) >= 11 is 6.63. The largest absolute Gasteiger partial charge is 0.494 e. The lowest BCUT2D eigenvalue weighted by molar-refractivity contribution is -0.143. The molecule has 3 rings (SSSR count). The minimum Gasteiger partial charge on any atom is -0.494 e. The fourth-order valence-corrected chi connectivity index (χ4v) is 8.75. The highest BCUT2D eigenvalue weighted by Gasteiger charge is 2.42. The number of ether oxygens (including phenoxy) is 3. The van der Waals surface area contributed by atoms with Crippen molar-refractivity contribution in [1.29, 1.82) is 0 Å². The summed E-state index contributed by atoms with van der Waals surface area (Å²) < 4.78 is 16.7. The predicted molar refractivity (Wildman–Crippen MR) is 229 cm³/mol. The first kappa shape index (κ1) is 48.0. The fraction of sp³-hybridized carbons (Fsp3) is 0.750. The standard InChI is InChI=1S/C48H77ClO7/c1-3-5-6-7-8-9-10-11-12-13-14-17-20-34-54-40-27-23-26-39(37-40)47(53)56-36-22-21-35-55-46(52)31-19-16-15-18-28-41-42(44(50)38-43(41)49)29-24-30-45(51)48(4-2)32-25-33-48/h15,18,23-24,26-27,29,37,41-45,50-51H,3-14,16-17,19-22,25,28,30-36,38H2,1-2H3/t41-,42-,43-,44-,45+/m1/s1. The summed E-state index contributed by atoms with van der Waals surface area (Å²) in [6, 6.07) is 7.18. The van der Waals surface area contributed by atoms with Crippen LogP contribution in [-0.4, -0.2) is 59.6 Å². The Kier molecular flexibility index (Phi) is 24.8. The Morgan fingerprint density at radius 1 is 0.839 bits per heavy atom. The maximum absolute atomic E-state index is 12.6. The van der Waals surface area contributed by atoms with Crippen molar-refractivity contribution in [3.63, 3.8) is 0 Å².